The predicted molar refractivity (Wildman–Crippen MR) is 110 cm³/mol. The van der Waals surface area contributed by atoms with Crippen LogP contribution >= 0.6 is 24.0 Å². The van der Waals surface area contributed by atoms with Crippen molar-refractivity contribution in [1.29, 1.82) is 0 Å². The molecule has 2 aliphatic heterocycles. The van der Waals surface area contributed by atoms with E-state index < -0.39 is 0 Å². The third-order valence-corrected chi connectivity index (χ3v) is 4.99. The van der Waals surface area contributed by atoms with Crippen molar-refractivity contribution in [3.63, 3.8) is 0 Å². The van der Waals surface area contributed by atoms with Gasteiger partial charge < -0.3 is 20.4 Å². The Bertz CT molecular complexity index is 323. The molecule has 0 saturated carbocycles. The summed E-state index contributed by atoms with van der Waals surface area (Å²) in [6, 6.07) is 0. The lowest BCUT2D eigenvalue weighted by Gasteiger charge is -2.30. The fourth-order valence-electron chi connectivity index (χ4n) is 3.35. The highest BCUT2D eigenvalue weighted by Crippen LogP contribution is 2.15. The molecule has 0 atom stereocenters. The third-order valence-electron chi connectivity index (χ3n) is 4.99. The molecule has 0 spiro atoms. The topological polar surface area (TPSA) is 42.9 Å². The van der Waals surface area contributed by atoms with E-state index in [1.807, 2.05) is 7.05 Å². The van der Waals surface area contributed by atoms with Gasteiger partial charge >= 0.3 is 0 Å². The van der Waals surface area contributed by atoms with Crippen molar-refractivity contribution in [2.45, 2.75) is 39.0 Å². The lowest BCUT2D eigenvalue weighted by atomic mass is 9.99. The number of likely N-dealkylation sites (tertiary alicyclic amines) is 2. The summed E-state index contributed by atoms with van der Waals surface area (Å²) in [7, 11) is 1.86. The number of halogens is 1. The van der Waals surface area contributed by atoms with Crippen LogP contribution in [0.5, 0.6) is 0 Å². The van der Waals surface area contributed by atoms with Gasteiger partial charge in [-0.3, -0.25) is 4.99 Å². The fourth-order valence-corrected chi connectivity index (χ4v) is 3.35. The molecule has 0 aromatic heterocycles. The number of nitrogens with zero attached hydrogens (tertiary/aromatic N) is 3. The molecule has 0 unspecified atom stereocenters. The van der Waals surface area contributed by atoms with Crippen molar-refractivity contribution in [1.82, 2.24) is 20.4 Å². The van der Waals surface area contributed by atoms with Crippen molar-refractivity contribution in [3.05, 3.63) is 0 Å². The molecule has 2 rings (SSSR count). The summed E-state index contributed by atoms with van der Waals surface area (Å²) in [6.07, 6.45) is 6.83. The Labute approximate surface area is 159 Å². The lowest BCUT2D eigenvalue weighted by molar-refractivity contribution is 0.195. The van der Waals surface area contributed by atoms with Gasteiger partial charge in [-0.15, -0.1) is 24.0 Å². The number of piperidine rings is 2. The standard InChI is InChI=1S/C17H35N5.HI/c1-16-6-12-22(13-7-16)15-9-20-17(18-2)19-8-14-21-10-4-3-5-11-21;/h16H,3-15H2,1-2H3,(H2,18,19,20);1H. The summed E-state index contributed by atoms with van der Waals surface area (Å²) in [4.78, 5) is 9.44. The molecule has 136 valence electrons. The predicted octanol–water partition coefficient (Wildman–Crippen LogP) is 1.99. The van der Waals surface area contributed by atoms with Gasteiger partial charge in [0.1, 0.15) is 0 Å². The Morgan fingerprint density at radius 1 is 0.913 bits per heavy atom. The minimum Gasteiger partial charge on any atom is -0.355 e. The molecule has 0 amide bonds. The normalized spacial score (nSPS) is 21.7. The van der Waals surface area contributed by atoms with Gasteiger partial charge in [0.15, 0.2) is 5.96 Å². The molecule has 0 radical (unpaired) electrons. The van der Waals surface area contributed by atoms with Crippen molar-refractivity contribution >= 4 is 29.9 Å². The maximum atomic E-state index is 4.32. The number of rotatable bonds is 6. The molecule has 6 heteroatoms. The van der Waals surface area contributed by atoms with E-state index in [0.717, 1.165) is 38.1 Å². The largest absolute Gasteiger partial charge is 0.355 e. The van der Waals surface area contributed by atoms with Crippen LogP contribution in [-0.4, -0.2) is 75.2 Å². The van der Waals surface area contributed by atoms with Crippen LogP contribution in [0.25, 0.3) is 0 Å². The van der Waals surface area contributed by atoms with Crippen molar-refractivity contribution in [3.8, 4) is 0 Å². The Morgan fingerprint density at radius 2 is 1.43 bits per heavy atom. The summed E-state index contributed by atoms with van der Waals surface area (Å²) in [5.41, 5.74) is 0. The zero-order chi connectivity index (χ0) is 15.6. The number of guanidine groups is 1. The molecule has 2 heterocycles. The van der Waals surface area contributed by atoms with Gasteiger partial charge in [-0.2, -0.15) is 0 Å². The van der Waals surface area contributed by atoms with Crippen LogP contribution in [0, 0.1) is 5.92 Å². The molecule has 5 nitrogen and oxygen atoms in total. The minimum atomic E-state index is 0. The lowest BCUT2D eigenvalue weighted by Crippen LogP contribution is -2.45. The molecule has 0 bridgehead atoms. The summed E-state index contributed by atoms with van der Waals surface area (Å²) in [5, 5.41) is 6.88. The van der Waals surface area contributed by atoms with E-state index in [1.54, 1.807) is 0 Å². The first-order valence-electron chi connectivity index (χ1n) is 9.17. The molecule has 23 heavy (non-hydrogen) atoms. The zero-order valence-electron chi connectivity index (χ0n) is 15.0. The Kier molecular flexibility index (Phi) is 11.2. The quantitative estimate of drug-likeness (QED) is 0.379. The minimum absolute atomic E-state index is 0. The van der Waals surface area contributed by atoms with Gasteiger partial charge in [-0.25, -0.2) is 0 Å². The first kappa shape index (κ1) is 21.0. The van der Waals surface area contributed by atoms with E-state index in [0.29, 0.717) is 0 Å². The number of aliphatic imine (C=N–C) groups is 1. The molecule has 2 aliphatic rings. The average molecular weight is 437 g/mol. The average Bonchev–Trinajstić information content (AvgIpc) is 2.56. The molecule has 2 fully saturated rings. The second kappa shape index (κ2) is 12.3. The van der Waals surface area contributed by atoms with Crippen molar-refractivity contribution in [2.75, 3.05) is 59.4 Å². The van der Waals surface area contributed by atoms with Crippen molar-refractivity contribution < 1.29 is 0 Å². The molecule has 0 aromatic rings. The maximum Gasteiger partial charge on any atom is 0.191 e. The maximum absolute atomic E-state index is 4.32. The zero-order valence-corrected chi connectivity index (χ0v) is 17.3. The van der Waals surface area contributed by atoms with Crippen LogP contribution in [-0.2, 0) is 0 Å². The third kappa shape index (κ3) is 8.54. The molecule has 2 N–H and O–H groups in total. The highest BCUT2D eigenvalue weighted by Gasteiger charge is 2.15. The van der Waals surface area contributed by atoms with Crippen LogP contribution in [0.3, 0.4) is 0 Å². The summed E-state index contributed by atoms with van der Waals surface area (Å²) >= 11 is 0. The van der Waals surface area contributed by atoms with E-state index in [-0.39, 0.29) is 24.0 Å². The number of nitrogens with one attached hydrogen (secondary N) is 2. The van der Waals surface area contributed by atoms with Gasteiger partial charge in [-0.05, 0) is 57.8 Å². The van der Waals surface area contributed by atoms with Gasteiger partial charge in [-0.1, -0.05) is 13.3 Å². The summed E-state index contributed by atoms with van der Waals surface area (Å²) < 4.78 is 0. The molecular formula is C17H36IN5. The van der Waals surface area contributed by atoms with Crippen LogP contribution < -0.4 is 10.6 Å². The van der Waals surface area contributed by atoms with Crippen LogP contribution in [0.4, 0.5) is 0 Å². The van der Waals surface area contributed by atoms with Crippen molar-refractivity contribution in [2.24, 2.45) is 10.9 Å². The molecule has 0 aliphatic carbocycles. The highest BCUT2D eigenvalue weighted by molar-refractivity contribution is 14.0. The van der Waals surface area contributed by atoms with E-state index in [9.17, 15) is 0 Å². The van der Waals surface area contributed by atoms with E-state index in [2.05, 4.69) is 32.3 Å². The molecule has 2 saturated heterocycles. The van der Waals surface area contributed by atoms with Gasteiger partial charge in [0.2, 0.25) is 0 Å². The summed E-state index contributed by atoms with van der Waals surface area (Å²) in [5.74, 6) is 1.86. The number of hydrogen-bond donors (Lipinski definition) is 2. The SMILES string of the molecule is CN=C(NCCN1CCCCC1)NCCN1CCC(C)CC1.I. The molecular weight excluding hydrogens is 401 g/mol. The van der Waals surface area contributed by atoms with Gasteiger partial charge in [0, 0.05) is 33.2 Å². The monoisotopic (exact) mass is 437 g/mol. The van der Waals surface area contributed by atoms with Crippen LogP contribution in [0.2, 0.25) is 0 Å². The highest BCUT2D eigenvalue weighted by atomic mass is 127. The Balaban J connectivity index is 0.00000264. The first-order valence-corrected chi connectivity index (χ1v) is 9.17. The van der Waals surface area contributed by atoms with Gasteiger partial charge in [0.25, 0.3) is 0 Å². The second-order valence-electron chi connectivity index (χ2n) is 6.85. The first-order chi connectivity index (χ1) is 10.8. The van der Waals surface area contributed by atoms with Crippen LogP contribution in [0.1, 0.15) is 39.0 Å². The van der Waals surface area contributed by atoms with E-state index in [4.69, 9.17) is 0 Å². The second-order valence-corrected chi connectivity index (χ2v) is 6.85. The Hall–Kier alpha value is -0.0800. The smallest absolute Gasteiger partial charge is 0.191 e. The Morgan fingerprint density at radius 3 is 1.96 bits per heavy atom. The van der Waals surface area contributed by atoms with E-state index in [1.165, 1.54) is 58.3 Å². The summed E-state index contributed by atoms with van der Waals surface area (Å²) in [6.45, 7) is 11.6. The fraction of sp³-hybridized carbons (Fsp3) is 0.941. The van der Waals surface area contributed by atoms with E-state index >= 15 is 0 Å². The number of hydrogen-bond acceptors (Lipinski definition) is 3. The van der Waals surface area contributed by atoms with Crippen LogP contribution in [0.15, 0.2) is 4.99 Å². The van der Waals surface area contributed by atoms with Gasteiger partial charge in [0.05, 0.1) is 0 Å². The molecule has 0 aromatic carbocycles.